The van der Waals surface area contributed by atoms with Crippen molar-refractivity contribution in [1.29, 1.82) is 0 Å². The monoisotopic (exact) mass is 211 g/mol. The number of imidazole rings is 1. The molecule has 3 nitrogen and oxygen atoms in total. The molecular formula is C10H11F2N3. The van der Waals surface area contributed by atoms with E-state index >= 15 is 0 Å². The molecule has 2 N–H and O–H groups in total. The maximum absolute atomic E-state index is 13.3. The number of H-pyrrole nitrogens is 1. The Labute approximate surface area is 85.5 Å². The largest absolute Gasteiger partial charge is 0.340 e. The van der Waals surface area contributed by atoms with Crippen molar-refractivity contribution in [2.24, 2.45) is 0 Å². The first kappa shape index (κ1) is 10.0. The molecule has 0 unspecified atom stereocenters. The van der Waals surface area contributed by atoms with Gasteiger partial charge in [-0.15, -0.1) is 0 Å². The molecule has 1 atom stereocenters. The van der Waals surface area contributed by atoms with Crippen molar-refractivity contribution < 1.29 is 8.78 Å². The standard InChI is InChI=1S/C10H11F2N3/c1-5(13-2)10-14-8-4-6(11)3-7(12)9(8)15-10/h3-5,13H,1-2H3,(H,14,15)/t5-/m0/s1. The lowest BCUT2D eigenvalue weighted by molar-refractivity contribution is 0.590. The molecule has 0 aliphatic heterocycles. The normalized spacial score (nSPS) is 13.3. The summed E-state index contributed by atoms with van der Waals surface area (Å²) in [6.07, 6.45) is 0. The predicted octanol–water partition coefficient (Wildman–Crippen LogP) is 2.12. The van der Waals surface area contributed by atoms with E-state index in [2.05, 4.69) is 15.3 Å². The molecule has 0 saturated carbocycles. The predicted molar refractivity (Wildman–Crippen MR) is 53.5 cm³/mol. The van der Waals surface area contributed by atoms with Crippen molar-refractivity contribution in [2.75, 3.05) is 7.05 Å². The van der Waals surface area contributed by atoms with Crippen molar-refractivity contribution in [1.82, 2.24) is 15.3 Å². The van der Waals surface area contributed by atoms with Gasteiger partial charge < -0.3 is 10.3 Å². The van der Waals surface area contributed by atoms with E-state index in [1.54, 1.807) is 7.05 Å². The fourth-order valence-corrected chi connectivity index (χ4v) is 1.40. The molecule has 80 valence electrons. The molecule has 5 heteroatoms. The molecule has 0 spiro atoms. The van der Waals surface area contributed by atoms with E-state index in [-0.39, 0.29) is 11.6 Å². The number of nitrogens with one attached hydrogen (secondary N) is 2. The molecule has 0 aliphatic carbocycles. The number of hydrogen-bond donors (Lipinski definition) is 2. The molecule has 2 aromatic rings. The molecular weight excluding hydrogens is 200 g/mol. The van der Waals surface area contributed by atoms with Crippen LogP contribution in [0.15, 0.2) is 12.1 Å². The van der Waals surface area contributed by atoms with Crippen LogP contribution in [0.3, 0.4) is 0 Å². The first-order chi connectivity index (χ1) is 7.11. The summed E-state index contributed by atoms with van der Waals surface area (Å²) in [4.78, 5) is 6.94. The molecule has 2 rings (SSSR count). The highest BCUT2D eigenvalue weighted by Crippen LogP contribution is 2.19. The van der Waals surface area contributed by atoms with Gasteiger partial charge >= 0.3 is 0 Å². The summed E-state index contributed by atoms with van der Waals surface area (Å²) in [5.41, 5.74) is 0.554. The van der Waals surface area contributed by atoms with Gasteiger partial charge in [0.15, 0.2) is 5.82 Å². The fourth-order valence-electron chi connectivity index (χ4n) is 1.40. The lowest BCUT2D eigenvalue weighted by atomic mass is 10.3. The van der Waals surface area contributed by atoms with Gasteiger partial charge in [0.05, 0.1) is 11.6 Å². The summed E-state index contributed by atoms with van der Waals surface area (Å²) in [6, 6.07) is 2.04. The number of halogens is 2. The zero-order chi connectivity index (χ0) is 11.0. The average molecular weight is 211 g/mol. The van der Waals surface area contributed by atoms with Gasteiger partial charge in [0.1, 0.15) is 17.2 Å². The lowest BCUT2D eigenvalue weighted by Gasteiger charge is -2.04. The van der Waals surface area contributed by atoms with Gasteiger partial charge in [-0.05, 0) is 20.0 Å². The van der Waals surface area contributed by atoms with Crippen LogP contribution in [0.1, 0.15) is 18.8 Å². The minimum absolute atomic E-state index is 0.0279. The third-order valence-electron chi connectivity index (χ3n) is 2.37. The molecule has 0 aliphatic rings. The topological polar surface area (TPSA) is 40.7 Å². The number of aromatic amines is 1. The van der Waals surface area contributed by atoms with Crippen molar-refractivity contribution in [3.63, 3.8) is 0 Å². The van der Waals surface area contributed by atoms with Crippen LogP contribution >= 0.6 is 0 Å². The van der Waals surface area contributed by atoms with Gasteiger partial charge in [-0.25, -0.2) is 13.8 Å². The van der Waals surface area contributed by atoms with Crippen molar-refractivity contribution in [3.05, 3.63) is 29.6 Å². The second-order valence-electron chi connectivity index (χ2n) is 3.42. The number of benzene rings is 1. The molecule has 1 heterocycles. The Bertz CT molecular complexity index is 493. The van der Waals surface area contributed by atoms with Crippen LogP contribution in [0, 0.1) is 11.6 Å². The zero-order valence-corrected chi connectivity index (χ0v) is 8.44. The molecule has 0 bridgehead atoms. The highest BCUT2D eigenvalue weighted by atomic mass is 19.1. The number of fused-ring (bicyclic) bond motifs is 1. The summed E-state index contributed by atoms with van der Waals surface area (Å²) < 4.78 is 26.2. The third kappa shape index (κ3) is 1.70. The van der Waals surface area contributed by atoms with Gasteiger partial charge in [0.25, 0.3) is 0 Å². The van der Waals surface area contributed by atoms with E-state index in [1.807, 2.05) is 6.92 Å². The van der Waals surface area contributed by atoms with Crippen LogP contribution in [-0.2, 0) is 0 Å². The first-order valence-electron chi connectivity index (χ1n) is 4.63. The van der Waals surface area contributed by atoms with Gasteiger partial charge in [0.2, 0.25) is 0 Å². The fraction of sp³-hybridized carbons (Fsp3) is 0.300. The van der Waals surface area contributed by atoms with Crippen LogP contribution in [0.4, 0.5) is 8.78 Å². The highest BCUT2D eigenvalue weighted by molar-refractivity contribution is 5.75. The summed E-state index contributed by atoms with van der Waals surface area (Å²) in [7, 11) is 1.77. The van der Waals surface area contributed by atoms with Crippen LogP contribution in [0.2, 0.25) is 0 Å². The summed E-state index contributed by atoms with van der Waals surface area (Å²) in [5.74, 6) is -0.653. The second kappa shape index (κ2) is 3.58. The lowest BCUT2D eigenvalue weighted by Crippen LogP contribution is -2.13. The van der Waals surface area contributed by atoms with E-state index in [1.165, 1.54) is 6.07 Å². The quantitative estimate of drug-likeness (QED) is 0.798. The van der Waals surface area contributed by atoms with Gasteiger partial charge in [0, 0.05) is 6.07 Å². The van der Waals surface area contributed by atoms with E-state index in [0.29, 0.717) is 11.3 Å². The molecule has 1 aromatic heterocycles. The number of aromatic nitrogens is 2. The highest BCUT2D eigenvalue weighted by Gasteiger charge is 2.12. The minimum atomic E-state index is -0.643. The maximum atomic E-state index is 13.3. The Balaban J connectivity index is 2.60. The summed E-state index contributed by atoms with van der Waals surface area (Å²) >= 11 is 0. The number of rotatable bonds is 2. The number of nitrogens with zero attached hydrogens (tertiary/aromatic N) is 1. The Morgan fingerprint density at radius 2 is 2.13 bits per heavy atom. The van der Waals surface area contributed by atoms with E-state index in [4.69, 9.17) is 0 Å². The molecule has 0 amide bonds. The van der Waals surface area contributed by atoms with Gasteiger partial charge in [-0.2, -0.15) is 0 Å². The number of hydrogen-bond acceptors (Lipinski definition) is 2. The molecule has 0 radical (unpaired) electrons. The van der Waals surface area contributed by atoms with Crippen LogP contribution < -0.4 is 5.32 Å². The Morgan fingerprint density at radius 1 is 1.40 bits per heavy atom. The van der Waals surface area contributed by atoms with Crippen LogP contribution in [0.5, 0.6) is 0 Å². The van der Waals surface area contributed by atoms with Gasteiger partial charge in [-0.1, -0.05) is 0 Å². The maximum Gasteiger partial charge on any atom is 0.153 e. The summed E-state index contributed by atoms with van der Waals surface area (Å²) in [6.45, 7) is 1.88. The minimum Gasteiger partial charge on any atom is -0.340 e. The average Bonchev–Trinajstić information content (AvgIpc) is 2.60. The Morgan fingerprint density at radius 3 is 2.80 bits per heavy atom. The van der Waals surface area contributed by atoms with E-state index < -0.39 is 11.6 Å². The van der Waals surface area contributed by atoms with E-state index in [9.17, 15) is 8.78 Å². The van der Waals surface area contributed by atoms with Crippen molar-refractivity contribution >= 4 is 11.0 Å². The molecule has 0 fully saturated rings. The molecule has 15 heavy (non-hydrogen) atoms. The smallest absolute Gasteiger partial charge is 0.153 e. The van der Waals surface area contributed by atoms with E-state index in [0.717, 1.165) is 6.07 Å². The molecule has 1 aromatic carbocycles. The summed E-state index contributed by atoms with van der Waals surface area (Å²) in [5, 5.41) is 2.97. The van der Waals surface area contributed by atoms with Crippen molar-refractivity contribution in [2.45, 2.75) is 13.0 Å². The Kier molecular flexibility index (Phi) is 2.40. The van der Waals surface area contributed by atoms with Crippen molar-refractivity contribution in [3.8, 4) is 0 Å². The second-order valence-corrected chi connectivity index (χ2v) is 3.42. The van der Waals surface area contributed by atoms with Crippen LogP contribution in [0.25, 0.3) is 11.0 Å². The van der Waals surface area contributed by atoms with Gasteiger partial charge in [-0.3, -0.25) is 0 Å². The Hall–Kier alpha value is -1.49. The SMILES string of the molecule is CN[C@@H](C)c1nc2c(F)cc(F)cc2[nH]1. The first-order valence-corrected chi connectivity index (χ1v) is 4.63. The zero-order valence-electron chi connectivity index (χ0n) is 8.44. The van der Waals surface area contributed by atoms with Crippen LogP contribution in [-0.4, -0.2) is 17.0 Å². The third-order valence-corrected chi connectivity index (χ3v) is 2.37. The molecule has 0 saturated heterocycles.